The Morgan fingerprint density at radius 1 is 1.56 bits per heavy atom. The molecule has 1 N–H and O–H groups in total. The number of carbonyl (C=O) groups excluding carboxylic acids is 1. The van der Waals surface area contributed by atoms with Crippen molar-refractivity contribution < 1.29 is 9.90 Å². The van der Waals surface area contributed by atoms with Gasteiger partial charge >= 0.3 is 0 Å². The molecular formula is C13H16ClNO2S. The van der Waals surface area contributed by atoms with Crippen LogP contribution in [0.15, 0.2) is 24.3 Å². The first-order valence-corrected chi connectivity index (χ1v) is 7.32. The van der Waals surface area contributed by atoms with Gasteiger partial charge in [-0.3, -0.25) is 4.79 Å². The van der Waals surface area contributed by atoms with Crippen LogP contribution in [-0.2, 0) is 10.5 Å². The van der Waals surface area contributed by atoms with Gasteiger partial charge in [-0.15, -0.1) is 11.8 Å². The summed E-state index contributed by atoms with van der Waals surface area (Å²) >= 11 is 7.46. The molecule has 0 bridgehead atoms. The number of hydrogen-bond acceptors (Lipinski definition) is 3. The summed E-state index contributed by atoms with van der Waals surface area (Å²) in [6, 6.07) is 7.65. The first-order chi connectivity index (χ1) is 8.46. The van der Waals surface area contributed by atoms with E-state index in [1.54, 1.807) is 23.6 Å². The Hall–Kier alpha value is -0.710. The molecule has 0 saturated carbocycles. The van der Waals surface area contributed by atoms with Gasteiger partial charge in [0.2, 0.25) is 5.91 Å². The monoisotopic (exact) mass is 285 g/mol. The normalized spacial score (nSPS) is 17.4. The molecule has 0 aromatic heterocycles. The van der Waals surface area contributed by atoms with Gasteiger partial charge in [-0.2, -0.15) is 0 Å². The highest BCUT2D eigenvalue weighted by Gasteiger charge is 2.38. The predicted octanol–water partition coefficient (Wildman–Crippen LogP) is 2.17. The summed E-state index contributed by atoms with van der Waals surface area (Å²) in [5, 5.41) is 10.3. The van der Waals surface area contributed by atoms with Crippen LogP contribution in [-0.4, -0.2) is 40.4 Å². The molecule has 1 amide bonds. The molecule has 1 fully saturated rings. The molecule has 0 radical (unpaired) electrons. The van der Waals surface area contributed by atoms with Gasteiger partial charge < -0.3 is 10.0 Å². The largest absolute Gasteiger partial charge is 0.386 e. The minimum atomic E-state index is -0.687. The highest BCUT2D eigenvalue weighted by molar-refractivity contribution is 7.99. The maximum absolute atomic E-state index is 11.7. The first kappa shape index (κ1) is 13.7. The van der Waals surface area contributed by atoms with Crippen LogP contribution in [0, 0.1) is 0 Å². The van der Waals surface area contributed by atoms with E-state index in [1.807, 2.05) is 24.3 Å². The lowest BCUT2D eigenvalue weighted by Crippen LogP contribution is -2.62. The van der Waals surface area contributed by atoms with E-state index in [2.05, 4.69) is 0 Å². The zero-order valence-electron chi connectivity index (χ0n) is 10.2. The molecule has 1 aliphatic heterocycles. The number of benzene rings is 1. The van der Waals surface area contributed by atoms with E-state index in [0.717, 1.165) is 16.3 Å². The third-order valence-electron chi connectivity index (χ3n) is 2.80. The molecule has 1 saturated heterocycles. The third-order valence-corrected chi connectivity index (χ3v) is 4.02. The van der Waals surface area contributed by atoms with Gasteiger partial charge in [0.25, 0.3) is 0 Å². The topological polar surface area (TPSA) is 40.5 Å². The minimum Gasteiger partial charge on any atom is -0.386 e. The van der Waals surface area contributed by atoms with Gasteiger partial charge in [0.15, 0.2) is 0 Å². The second kappa shape index (κ2) is 5.51. The Balaban J connectivity index is 1.71. The zero-order valence-corrected chi connectivity index (χ0v) is 11.8. The Kier molecular flexibility index (Phi) is 4.20. The average molecular weight is 286 g/mol. The molecule has 1 aromatic rings. The van der Waals surface area contributed by atoms with Crippen molar-refractivity contribution in [1.82, 2.24) is 4.90 Å². The SMILES string of the molecule is CC1(O)CN(C(=O)CSCc2cccc(Cl)c2)C1. The molecule has 3 nitrogen and oxygen atoms in total. The van der Waals surface area contributed by atoms with Crippen LogP contribution in [0.5, 0.6) is 0 Å². The maximum atomic E-state index is 11.7. The van der Waals surface area contributed by atoms with E-state index in [9.17, 15) is 9.90 Å². The van der Waals surface area contributed by atoms with E-state index >= 15 is 0 Å². The van der Waals surface area contributed by atoms with Crippen LogP contribution in [0.2, 0.25) is 5.02 Å². The number of nitrogens with zero attached hydrogens (tertiary/aromatic N) is 1. The number of β-amino-alcohol motifs (C(OH)–C–C–N with tert-alkyl or cyclic N) is 1. The molecule has 98 valence electrons. The van der Waals surface area contributed by atoms with E-state index in [-0.39, 0.29) is 5.91 Å². The number of amides is 1. The van der Waals surface area contributed by atoms with Crippen LogP contribution < -0.4 is 0 Å². The fraction of sp³-hybridized carbons (Fsp3) is 0.462. The molecule has 18 heavy (non-hydrogen) atoms. The Morgan fingerprint density at radius 3 is 2.89 bits per heavy atom. The van der Waals surface area contributed by atoms with Gasteiger partial charge in [0.05, 0.1) is 24.4 Å². The van der Waals surface area contributed by atoms with Gasteiger partial charge in [0.1, 0.15) is 0 Å². The molecule has 1 aromatic carbocycles. The number of aliphatic hydroxyl groups is 1. The average Bonchev–Trinajstić information content (AvgIpc) is 2.25. The van der Waals surface area contributed by atoms with E-state index in [0.29, 0.717) is 18.8 Å². The van der Waals surface area contributed by atoms with Crippen molar-refractivity contribution in [3.8, 4) is 0 Å². The predicted molar refractivity (Wildman–Crippen MR) is 74.8 cm³/mol. The van der Waals surface area contributed by atoms with E-state index in [4.69, 9.17) is 11.6 Å². The fourth-order valence-electron chi connectivity index (χ4n) is 1.93. The lowest BCUT2D eigenvalue weighted by atomic mass is 9.97. The minimum absolute atomic E-state index is 0.0913. The number of hydrogen-bond donors (Lipinski definition) is 1. The van der Waals surface area contributed by atoms with E-state index in [1.165, 1.54) is 0 Å². The third kappa shape index (κ3) is 3.64. The summed E-state index contributed by atoms with van der Waals surface area (Å²) in [6.45, 7) is 2.64. The molecule has 5 heteroatoms. The van der Waals surface area contributed by atoms with Crippen molar-refractivity contribution in [3.63, 3.8) is 0 Å². The Bertz CT molecular complexity index is 442. The molecule has 2 rings (SSSR count). The fourth-order valence-corrected chi connectivity index (χ4v) is 3.01. The number of likely N-dealkylation sites (tertiary alicyclic amines) is 1. The summed E-state index contributed by atoms with van der Waals surface area (Å²) < 4.78 is 0. The summed E-state index contributed by atoms with van der Waals surface area (Å²) in [5.41, 5.74) is 0.434. The molecule has 1 aliphatic rings. The maximum Gasteiger partial charge on any atom is 0.232 e. The number of rotatable bonds is 4. The lowest BCUT2D eigenvalue weighted by molar-refractivity contribution is -0.149. The molecule has 0 spiro atoms. The van der Waals surface area contributed by atoms with Gasteiger partial charge in [-0.1, -0.05) is 23.7 Å². The summed E-state index contributed by atoms with van der Waals surface area (Å²) in [6.07, 6.45) is 0. The van der Waals surface area contributed by atoms with Crippen molar-refractivity contribution in [2.75, 3.05) is 18.8 Å². The molecule has 0 aliphatic carbocycles. The second-order valence-corrected chi connectivity index (χ2v) is 6.29. The van der Waals surface area contributed by atoms with Crippen molar-refractivity contribution in [2.45, 2.75) is 18.3 Å². The van der Waals surface area contributed by atoms with Gasteiger partial charge in [-0.05, 0) is 24.6 Å². The highest BCUT2D eigenvalue weighted by Crippen LogP contribution is 2.22. The molecule has 0 unspecified atom stereocenters. The van der Waals surface area contributed by atoms with Crippen LogP contribution in [0.3, 0.4) is 0 Å². The van der Waals surface area contributed by atoms with Crippen LogP contribution in [0.1, 0.15) is 12.5 Å². The van der Waals surface area contributed by atoms with Crippen LogP contribution in [0.25, 0.3) is 0 Å². The zero-order chi connectivity index (χ0) is 13.2. The number of thioether (sulfide) groups is 1. The molecule has 1 heterocycles. The standard InChI is InChI=1S/C13H16ClNO2S/c1-13(17)8-15(9-13)12(16)7-18-6-10-3-2-4-11(14)5-10/h2-5,17H,6-9H2,1H3. The summed E-state index contributed by atoms with van der Waals surface area (Å²) in [5.74, 6) is 1.31. The Labute approximate surface area is 116 Å². The summed E-state index contributed by atoms with van der Waals surface area (Å²) in [4.78, 5) is 13.4. The van der Waals surface area contributed by atoms with Crippen LogP contribution >= 0.6 is 23.4 Å². The molecule has 0 atom stereocenters. The van der Waals surface area contributed by atoms with Gasteiger partial charge in [-0.25, -0.2) is 0 Å². The molecular weight excluding hydrogens is 270 g/mol. The van der Waals surface area contributed by atoms with Crippen molar-refractivity contribution in [1.29, 1.82) is 0 Å². The summed E-state index contributed by atoms with van der Waals surface area (Å²) in [7, 11) is 0. The van der Waals surface area contributed by atoms with Crippen molar-refractivity contribution in [2.24, 2.45) is 0 Å². The second-order valence-electron chi connectivity index (χ2n) is 4.87. The number of carbonyl (C=O) groups is 1. The smallest absolute Gasteiger partial charge is 0.232 e. The van der Waals surface area contributed by atoms with Crippen LogP contribution in [0.4, 0.5) is 0 Å². The quantitative estimate of drug-likeness (QED) is 0.922. The number of halogens is 1. The lowest BCUT2D eigenvalue weighted by Gasteiger charge is -2.44. The van der Waals surface area contributed by atoms with Crippen molar-refractivity contribution in [3.05, 3.63) is 34.9 Å². The Morgan fingerprint density at radius 2 is 2.28 bits per heavy atom. The first-order valence-electron chi connectivity index (χ1n) is 5.79. The van der Waals surface area contributed by atoms with E-state index < -0.39 is 5.60 Å². The highest BCUT2D eigenvalue weighted by atomic mass is 35.5. The van der Waals surface area contributed by atoms with Gasteiger partial charge in [0, 0.05) is 10.8 Å². The van der Waals surface area contributed by atoms with Crippen molar-refractivity contribution >= 4 is 29.3 Å².